The maximum atomic E-state index is 4.94. The summed E-state index contributed by atoms with van der Waals surface area (Å²) in [6.45, 7) is 25.8. The van der Waals surface area contributed by atoms with E-state index in [0.717, 1.165) is 26.4 Å². The van der Waals surface area contributed by atoms with Crippen LogP contribution < -0.4 is 0 Å². The first kappa shape index (κ1) is 31.2. The molecule has 0 N–H and O–H groups in total. The van der Waals surface area contributed by atoms with Gasteiger partial charge in [-0.15, -0.1) is 13.8 Å². The Morgan fingerprint density at radius 3 is 0.871 bits per heavy atom. The first-order chi connectivity index (χ1) is 13.9. The van der Waals surface area contributed by atoms with Crippen LogP contribution in [0.5, 0.6) is 0 Å². The van der Waals surface area contributed by atoms with Crippen LogP contribution in [-0.4, -0.2) is 26.4 Å². The molecule has 0 aromatic carbocycles. The zero-order valence-corrected chi connectivity index (χ0v) is 24.5. The molecule has 2 heterocycles. The molecule has 0 bridgehead atoms. The predicted octanol–water partition coefficient (Wildman–Crippen LogP) is 7.82. The molecule has 0 unspecified atom stereocenters. The summed E-state index contributed by atoms with van der Waals surface area (Å²) in [6.07, 6.45) is 12.0. The number of hydrogen-bond donors (Lipinski definition) is 0. The van der Waals surface area contributed by atoms with E-state index in [-0.39, 0.29) is 51.2 Å². The van der Waals surface area contributed by atoms with Crippen LogP contribution >= 0.6 is 0 Å². The first-order valence-corrected chi connectivity index (χ1v) is 11.7. The van der Waals surface area contributed by atoms with Crippen molar-refractivity contribution in [3.05, 3.63) is 45.6 Å². The molecule has 0 atom stereocenters. The van der Waals surface area contributed by atoms with Gasteiger partial charge < -0.3 is 9.47 Å². The maximum absolute atomic E-state index is 4.94. The Labute approximate surface area is 226 Å². The molecular weight excluding hydrogens is 519 g/mol. The van der Waals surface area contributed by atoms with Crippen LogP contribution in [-0.2, 0) is 9.47 Å². The molecule has 2 aliphatic carbocycles. The summed E-state index contributed by atoms with van der Waals surface area (Å²) >= 11 is 0. The average molecular weight is 565 g/mol. The summed E-state index contributed by atoms with van der Waals surface area (Å²) in [4.78, 5) is 0. The van der Waals surface area contributed by atoms with Crippen molar-refractivity contribution in [1.82, 2.24) is 0 Å². The minimum atomic E-state index is 0. The van der Waals surface area contributed by atoms with Crippen molar-refractivity contribution in [2.24, 2.45) is 10.8 Å². The zero-order chi connectivity index (χ0) is 22.9. The van der Waals surface area contributed by atoms with Crippen molar-refractivity contribution in [1.29, 1.82) is 0 Å². The molecule has 2 fully saturated rings. The van der Waals surface area contributed by atoms with Gasteiger partial charge in [-0.2, -0.15) is 22.3 Å². The van der Waals surface area contributed by atoms with Crippen molar-refractivity contribution < 1.29 is 49.9 Å². The standard InChI is InChI=1S/2C10H15.2C4H8O.Sm/c2*1-7-6-10(4,5)9(3)8(7)2;2*1-2-4-5-3-1;/h2*1-5H3;2*1-4H2;/q2*-1;;;. The van der Waals surface area contributed by atoms with Crippen molar-refractivity contribution >= 4 is 0 Å². The topological polar surface area (TPSA) is 18.5 Å². The Balaban J connectivity index is 0.000000401. The van der Waals surface area contributed by atoms with Crippen LogP contribution in [0.4, 0.5) is 0 Å². The van der Waals surface area contributed by atoms with Gasteiger partial charge in [0.25, 0.3) is 0 Å². The summed E-state index contributed by atoms with van der Waals surface area (Å²) in [5.74, 6) is 0. The summed E-state index contributed by atoms with van der Waals surface area (Å²) in [5.41, 5.74) is 8.79. The largest absolute Gasteiger partial charge is 0.381 e. The van der Waals surface area contributed by atoms with E-state index in [4.69, 9.17) is 9.47 Å². The summed E-state index contributed by atoms with van der Waals surface area (Å²) < 4.78 is 9.89. The number of rotatable bonds is 0. The maximum Gasteiger partial charge on any atom is 0.0466 e. The molecule has 3 heteroatoms. The summed E-state index contributed by atoms with van der Waals surface area (Å²) in [5, 5.41) is 0. The van der Waals surface area contributed by atoms with Crippen LogP contribution in [0.2, 0.25) is 0 Å². The molecule has 4 aliphatic rings. The Morgan fingerprint density at radius 2 is 0.806 bits per heavy atom. The van der Waals surface area contributed by atoms with Gasteiger partial charge in [0.05, 0.1) is 0 Å². The Morgan fingerprint density at radius 1 is 0.548 bits per heavy atom. The van der Waals surface area contributed by atoms with E-state index in [1.54, 1.807) is 0 Å². The van der Waals surface area contributed by atoms with Gasteiger partial charge in [0.15, 0.2) is 0 Å². The fourth-order valence-electron chi connectivity index (χ4n) is 3.83. The van der Waals surface area contributed by atoms with E-state index >= 15 is 0 Å². The quantitative estimate of drug-likeness (QED) is 0.279. The molecule has 2 saturated heterocycles. The van der Waals surface area contributed by atoms with Crippen LogP contribution in [0, 0.1) is 63.4 Å². The molecule has 178 valence electrons. The van der Waals surface area contributed by atoms with Crippen molar-refractivity contribution in [2.45, 2.75) is 94.9 Å². The van der Waals surface area contributed by atoms with Gasteiger partial charge >= 0.3 is 0 Å². The molecule has 2 nitrogen and oxygen atoms in total. The van der Waals surface area contributed by atoms with Crippen LogP contribution in [0.3, 0.4) is 0 Å². The van der Waals surface area contributed by atoms with Gasteiger partial charge in [-0.1, -0.05) is 66.2 Å². The van der Waals surface area contributed by atoms with E-state index < -0.39 is 0 Å². The van der Waals surface area contributed by atoms with E-state index in [9.17, 15) is 0 Å². The molecule has 0 aromatic heterocycles. The number of allylic oxidation sites excluding steroid dienone is 8. The Kier molecular flexibility index (Phi) is 14.6. The van der Waals surface area contributed by atoms with Gasteiger partial charge in [-0.25, -0.2) is 11.1 Å². The van der Waals surface area contributed by atoms with Crippen molar-refractivity contribution in [2.75, 3.05) is 26.4 Å². The third-order valence-corrected chi connectivity index (χ3v) is 6.78. The minimum Gasteiger partial charge on any atom is -0.381 e. The van der Waals surface area contributed by atoms with E-state index in [1.165, 1.54) is 59.1 Å². The molecule has 31 heavy (non-hydrogen) atoms. The molecule has 0 radical (unpaired) electrons. The third kappa shape index (κ3) is 10.3. The SMILES string of the molecule is C1CCOC1.C1CCOC1.CC1=[C-]C(C)(C)C(C)=C1C.CC1=[C-]C(C)(C)C(C)=C1C.[Sm]. The second kappa shape index (κ2) is 14.5. The third-order valence-electron chi connectivity index (χ3n) is 6.78. The second-order valence-corrected chi connectivity index (χ2v) is 9.89. The summed E-state index contributed by atoms with van der Waals surface area (Å²) in [7, 11) is 0. The Bertz CT molecular complexity index is 607. The van der Waals surface area contributed by atoms with Gasteiger partial charge in [0, 0.05) is 66.8 Å². The van der Waals surface area contributed by atoms with Crippen molar-refractivity contribution in [3.8, 4) is 0 Å². The van der Waals surface area contributed by atoms with Crippen LogP contribution in [0.1, 0.15) is 94.9 Å². The van der Waals surface area contributed by atoms with Gasteiger partial charge in [0.2, 0.25) is 0 Å². The molecular formula is C28H46O2Sm-2. The molecule has 0 amide bonds. The molecule has 0 aromatic rings. The zero-order valence-electron chi connectivity index (χ0n) is 21.9. The number of ether oxygens (including phenoxy) is 2. The smallest absolute Gasteiger partial charge is 0.0466 e. The molecule has 4 rings (SSSR count). The van der Waals surface area contributed by atoms with E-state index in [1.807, 2.05) is 0 Å². The molecule has 0 spiro atoms. The van der Waals surface area contributed by atoms with Crippen molar-refractivity contribution in [3.63, 3.8) is 0 Å². The second-order valence-electron chi connectivity index (χ2n) is 9.89. The summed E-state index contributed by atoms with van der Waals surface area (Å²) in [6, 6.07) is 0. The van der Waals surface area contributed by atoms with E-state index in [2.05, 4.69) is 81.4 Å². The number of hydrogen-bond acceptors (Lipinski definition) is 2. The van der Waals surface area contributed by atoms with Crippen LogP contribution in [0.15, 0.2) is 33.4 Å². The molecule has 2 aliphatic heterocycles. The minimum absolute atomic E-state index is 0. The monoisotopic (exact) mass is 566 g/mol. The molecule has 0 saturated carbocycles. The average Bonchev–Trinajstić information content (AvgIpc) is 3.46. The van der Waals surface area contributed by atoms with Gasteiger partial charge in [-0.3, -0.25) is 12.2 Å². The van der Waals surface area contributed by atoms with Gasteiger partial charge in [0.1, 0.15) is 0 Å². The fraction of sp³-hybridized carbons (Fsp3) is 0.714. The van der Waals surface area contributed by atoms with Gasteiger partial charge in [-0.05, 0) is 25.7 Å². The normalized spacial score (nSPS) is 22.9. The fourth-order valence-corrected chi connectivity index (χ4v) is 3.83. The predicted molar refractivity (Wildman–Crippen MR) is 129 cm³/mol. The van der Waals surface area contributed by atoms with E-state index in [0.29, 0.717) is 0 Å². The first-order valence-electron chi connectivity index (χ1n) is 11.7. The van der Waals surface area contributed by atoms with Crippen LogP contribution in [0.25, 0.3) is 0 Å². The Hall–Kier alpha value is 0.218.